The van der Waals surface area contributed by atoms with Crippen molar-refractivity contribution in [3.63, 3.8) is 0 Å². The van der Waals surface area contributed by atoms with E-state index in [9.17, 15) is 0 Å². The molecule has 2 aromatic rings. The molecule has 1 aliphatic heterocycles. The minimum Gasteiger partial charge on any atom is -0.339 e. The molecular weight excluding hydrogens is 214 g/mol. The van der Waals surface area contributed by atoms with Crippen LogP contribution in [0.1, 0.15) is 28.8 Å². The third-order valence-electron chi connectivity index (χ3n) is 3.06. The van der Waals surface area contributed by atoms with Gasteiger partial charge < -0.3 is 9.84 Å². The molecule has 0 unspecified atom stereocenters. The molecular formula is C13H15N3O. The molecule has 0 aliphatic carbocycles. The Morgan fingerprint density at radius 1 is 1.41 bits per heavy atom. The van der Waals surface area contributed by atoms with Gasteiger partial charge in [0.1, 0.15) is 0 Å². The van der Waals surface area contributed by atoms with Gasteiger partial charge in [-0.15, -0.1) is 0 Å². The van der Waals surface area contributed by atoms with Crippen molar-refractivity contribution in [2.45, 2.75) is 19.3 Å². The Labute approximate surface area is 100 Å². The molecule has 0 bridgehead atoms. The number of nitrogens with one attached hydrogen (secondary N) is 1. The van der Waals surface area contributed by atoms with E-state index in [0.29, 0.717) is 5.92 Å². The van der Waals surface area contributed by atoms with E-state index < -0.39 is 0 Å². The second-order valence-corrected chi connectivity index (χ2v) is 4.57. The van der Waals surface area contributed by atoms with Crippen molar-refractivity contribution < 1.29 is 4.52 Å². The van der Waals surface area contributed by atoms with Gasteiger partial charge in [-0.05, 0) is 12.5 Å². The normalized spacial score (nSPS) is 15.8. The zero-order chi connectivity index (χ0) is 11.7. The summed E-state index contributed by atoms with van der Waals surface area (Å²) in [5.41, 5.74) is 2.48. The molecule has 1 aromatic heterocycles. The minimum atomic E-state index is 0.411. The van der Waals surface area contributed by atoms with Gasteiger partial charge in [-0.1, -0.05) is 35.0 Å². The molecule has 1 aliphatic rings. The standard InChI is InChI=1S/C13H15N3O/c1-9-3-2-4-10(5-9)6-12-15-13(17-16-12)11-7-14-8-11/h2-5,11,14H,6-8H2,1H3. The smallest absolute Gasteiger partial charge is 0.232 e. The number of rotatable bonds is 3. The molecule has 3 rings (SSSR count). The first-order valence-corrected chi connectivity index (χ1v) is 5.90. The maximum Gasteiger partial charge on any atom is 0.232 e. The summed E-state index contributed by atoms with van der Waals surface area (Å²) in [5, 5.41) is 7.23. The van der Waals surface area contributed by atoms with E-state index in [2.05, 4.69) is 46.6 Å². The molecule has 1 N–H and O–H groups in total. The Hall–Kier alpha value is -1.68. The molecule has 4 heteroatoms. The molecule has 0 amide bonds. The van der Waals surface area contributed by atoms with E-state index in [0.717, 1.165) is 31.2 Å². The highest BCUT2D eigenvalue weighted by molar-refractivity contribution is 5.24. The summed E-state index contributed by atoms with van der Waals surface area (Å²) in [6, 6.07) is 8.39. The summed E-state index contributed by atoms with van der Waals surface area (Å²) in [6.07, 6.45) is 0.741. The molecule has 1 aromatic carbocycles. The molecule has 88 valence electrons. The zero-order valence-electron chi connectivity index (χ0n) is 9.81. The lowest BCUT2D eigenvalue weighted by Gasteiger charge is -2.22. The highest BCUT2D eigenvalue weighted by Gasteiger charge is 2.24. The molecule has 17 heavy (non-hydrogen) atoms. The van der Waals surface area contributed by atoms with Crippen molar-refractivity contribution >= 4 is 0 Å². The van der Waals surface area contributed by atoms with Crippen molar-refractivity contribution in [2.24, 2.45) is 0 Å². The van der Waals surface area contributed by atoms with Crippen LogP contribution in [-0.4, -0.2) is 23.2 Å². The van der Waals surface area contributed by atoms with Crippen molar-refractivity contribution in [1.82, 2.24) is 15.5 Å². The molecule has 1 saturated heterocycles. The van der Waals surface area contributed by atoms with Gasteiger partial charge in [-0.25, -0.2) is 0 Å². The minimum absolute atomic E-state index is 0.411. The first-order valence-electron chi connectivity index (χ1n) is 5.90. The lowest BCUT2D eigenvalue weighted by molar-refractivity contribution is 0.306. The van der Waals surface area contributed by atoms with E-state index in [-0.39, 0.29) is 0 Å². The molecule has 0 saturated carbocycles. The quantitative estimate of drug-likeness (QED) is 0.869. The summed E-state index contributed by atoms with van der Waals surface area (Å²) in [5.74, 6) is 1.96. The van der Waals surface area contributed by atoms with Crippen molar-refractivity contribution in [1.29, 1.82) is 0 Å². The zero-order valence-corrected chi connectivity index (χ0v) is 9.81. The van der Waals surface area contributed by atoms with Crippen LogP contribution < -0.4 is 5.32 Å². The van der Waals surface area contributed by atoms with E-state index in [1.807, 2.05) is 0 Å². The number of aromatic nitrogens is 2. The van der Waals surface area contributed by atoms with Gasteiger partial charge in [0.05, 0.1) is 5.92 Å². The van der Waals surface area contributed by atoms with Crippen molar-refractivity contribution in [2.75, 3.05) is 13.1 Å². The first kappa shape index (κ1) is 10.5. The van der Waals surface area contributed by atoms with E-state index >= 15 is 0 Å². The first-order chi connectivity index (χ1) is 8.31. The number of hydrogen-bond donors (Lipinski definition) is 1. The average molecular weight is 229 g/mol. The Morgan fingerprint density at radius 3 is 3.00 bits per heavy atom. The second-order valence-electron chi connectivity index (χ2n) is 4.57. The summed E-state index contributed by atoms with van der Waals surface area (Å²) in [4.78, 5) is 4.44. The maximum atomic E-state index is 5.27. The van der Waals surface area contributed by atoms with Crippen LogP contribution in [0.15, 0.2) is 28.8 Å². The fraction of sp³-hybridized carbons (Fsp3) is 0.385. The summed E-state index contributed by atoms with van der Waals surface area (Å²) >= 11 is 0. The van der Waals surface area contributed by atoms with Gasteiger partial charge >= 0.3 is 0 Å². The third kappa shape index (κ3) is 2.22. The highest BCUT2D eigenvalue weighted by Crippen LogP contribution is 2.18. The monoisotopic (exact) mass is 229 g/mol. The molecule has 4 nitrogen and oxygen atoms in total. The van der Waals surface area contributed by atoms with Crippen LogP contribution in [0.4, 0.5) is 0 Å². The van der Waals surface area contributed by atoms with Crippen LogP contribution in [0.3, 0.4) is 0 Å². The third-order valence-corrected chi connectivity index (χ3v) is 3.06. The highest BCUT2D eigenvalue weighted by atomic mass is 16.5. The Kier molecular flexibility index (Phi) is 2.65. The maximum absolute atomic E-state index is 5.27. The number of aryl methyl sites for hydroxylation is 1. The Balaban J connectivity index is 1.74. The summed E-state index contributed by atoms with van der Waals surface area (Å²) < 4.78 is 5.27. The van der Waals surface area contributed by atoms with Crippen LogP contribution in [0.2, 0.25) is 0 Å². The lowest BCUT2D eigenvalue weighted by atomic mass is 10.0. The predicted octanol–water partition coefficient (Wildman–Crippen LogP) is 1.66. The fourth-order valence-electron chi connectivity index (χ4n) is 1.97. The van der Waals surface area contributed by atoms with E-state index in [4.69, 9.17) is 4.52 Å². The van der Waals surface area contributed by atoms with Gasteiger partial charge in [-0.3, -0.25) is 0 Å². The number of hydrogen-bond acceptors (Lipinski definition) is 4. The fourth-order valence-corrected chi connectivity index (χ4v) is 1.97. The van der Waals surface area contributed by atoms with Gasteiger partial charge in [-0.2, -0.15) is 4.98 Å². The summed E-state index contributed by atoms with van der Waals surface area (Å²) in [6.45, 7) is 3.99. The Bertz CT molecular complexity index is 517. The molecule has 0 atom stereocenters. The average Bonchev–Trinajstić information content (AvgIpc) is 2.63. The second kappa shape index (κ2) is 4.30. The SMILES string of the molecule is Cc1cccc(Cc2noc(C3CNC3)n2)c1. The van der Waals surface area contributed by atoms with Crippen LogP contribution in [0, 0.1) is 6.92 Å². The Morgan fingerprint density at radius 2 is 2.29 bits per heavy atom. The van der Waals surface area contributed by atoms with E-state index in [1.54, 1.807) is 0 Å². The van der Waals surface area contributed by atoms with Gasteiger partial charge in [0.25, 0.3) is 0 Å². The molecule has 2 heterocycles. The summed E-state index contributed by atoms with van der Waals surface area (Å²) in [7, 11) is 0. The molecule has 0 radical (unpaired) electrons. The topological polar surface area (TPSA) is 51.0 Å². The van der Waals surface area contributed by atoms with Crippen molar-refractivity contribution in [3.05, 3.63) is 47.1 Å². The van der Waals surface area contributed by atoms with E-state index in [1.165, 1.54) is 11.1 Å². The number of benzene rings is 1. The molecule has 0 spiro atoms. The van der Waals surface area contributed by atoms with Gasteiger partial charge in [0.15, 0.2) is 5.82 Å². The van der Waals surface area contributed by atoms with Gasteiger partial charge in [0, 0.05) is 19.5 Å². The van der Waals surface area contributed by atoms with Crippen LogP contribution in [0.25, 0.3) is 0 Å². The van der Waals surface area contributed by atoms with Gasteiger partial charge in [0.2, 0.25) is 5.89 Å². The largest absolute Gasteiger partial charge is 0.339 e. The van der Waals surface area contributed by atoms with Crippen LogP contribution >= 0.6 is 0 Å². The van der Waals surface area contributed by atoms with Crippen LogP contribution in [-0.2, 0) is 6.42 Å². The number of nitrogens with zero attached hydrogens (tertiary/aromatic N) is 2. The molecule has 1 fully saturated rings. The van der Waals surface area contributed by atoms with Crippen LogP contribution in [0.5, 0.6) is 0 Å². The lowest BCUT2D eigenvalue weighted by Crippen LogP contribution is -2.40. The predicted molar refractivity (Wildman–Crippen MR) is 63.9 cm³/mol. The van der Waals surface area contributed by atoms with Crippen molar-refractivity contribution in [3.8, 4) is 0 Å².